The van der Waals surface area contributed by atoms with Gasteiger partial charge in [0, 0.05) is 24.7 Å². The quantitative estimate of drug-likeness (QED) is 0.158. The predicted molar refractivity (Wildman–Crippen MR) is 177 cm³/mol. The minimum absolute atomic E-state index is 0.122. The zero-order valence-corrected chi connectivity index (χ0v) is 31.6. The van der Waals surface area contributed by atoms with Crippen molar-refractivity contribution in [3.05, 3.63) is 11.4 Å². The highest BCUT2D eigenvalue weighted by atomic mass is 28.4. The summed E-state index contributed by atoms with van der Waals surface area (Å²) in [6, 6.07) is 0. The lowest BCUT2D eigenvalue weighted by molar-refractivity contribution is -0.572. The molecule has 8 aliphatic heterocycles. The lowest BCUT2D eigenvalue weighted by Gasteiger charge is -2.61. The van der Waals surface area contributed by atoms with Crippen molar-refractivity contribution in [3.8, 4) is 0 Å². The van der Waals surface area contributed by atoms with Crippen molar-refractivity contribution in [1.29, 1.82) is 0 Å². The first-order valence-corrected chi connectivity index (χ1v) is 22.5. The Bertz CT molecular complexity index is 1230. The molecule has 270 valence electrons. The van der Waals surface area contributed by atoms with E-state index in [1.54, 1.807) is 0 Å². The number of fused-ring (bicyclic) bond motifs is 4. The lowest BCUT2D eigenvalue weighted by atomic mass is 9.56. The highest BCUT2D eigenvalue weighted by Crippen LogP contribution is 2.63. The van der Waals surface area contributed by atoms with Gasteiger partial charge in [-0.05, 0) is 108 Å². The molecule has 11 heteroatoms. The van der Waals surface area contributed by atoms with Crippen LogP contribution in [0.1, 0.15) is 106 Å². The highest BCUT2D eigenvalue weighted by Gasteiger charge is 2.72. The SMILES string of the molecule is [C-]#[N+]C(CC1O[C@@H]2O[C@]3(C)CC[C@H]4[C@H](C)CC[C@@H]([C@H]1C)[C@@]24OO3)(CC1O[C@@H]2O[C@]3(C)CC[C@H]4[C@H](C)CC[C@@H]([C@H]1C)[C@@]24OO3)O[Si](C)(C)C. The van der Waals surface area contributed by atoms with E-state index in [1.807, 2.05) is 13.8 Å². The van der Waals surface area contributed by atoms with Crippen molar-refractivity contribution < 1.29 is 42.9 Å². The molecule has 0 aromatic heterocycles. The fourth-order valence-corrected chi connectivity index (χ4v) is 13.3. The second-order valence-electron chi connectivity index (χ2n) is 18.6. The molecule has 2 spiro atoms. The molecule has 0 radical (unpaired) electrons. The van der Waals surface area contributed by atoms with Gasteiger partial charge in [-0.3, -0.25) is 4.85 Å². The molecule has 48 heavy (non-hydrogen) atoms. The zero-order valence-electron chi connectivity index (χ0n) is 30.6. The van der Waals surface area contributed by atoms with E-state index in [0.29, 0.717) is 36.5 Å². The van der Waals surface area contributed by atoms with Crippen LogP contribution in [-0.4, -0.2) is 61.6 Å². The molecule has 2 aliphatic carbocycles. The first-order valence-electron chi connectivity index (χ1n) is 19.0. The summed E-state index contributed by atoms with van der Waals surface area (Å²) in [4.78, 5) is 29.4. The van der Waals surface area contributed by atoms with Gasteiger partial charge in [0.05, 0.1) is 25.0 Å². The van der Waals surface area contributed by atoms with Crippen LogP contribution in [0.15, 0.2) is 0 Å². The third-order valence-electron chi connectivity index (χ3n) is 14.3. The third-order valence-corrected chi connectivity index (χ3v) is 15.3. The van der Waals surface area contributed by atoms with E-state index in [1.165, 1.54) is 0 Å². The van der Waals surface area contributed by atoms with E-state index >= 15 is 0 Å². The molecule has 10 nitrogen and oxygen atoms in total. The number of hydrogen-bond acceptors (Lipinski definition) is 9. The second-order valence-corrected chi connectivity index (χ2v) is 23.0. The molecular weight excluding hydrogens is 630 g/mol. The predicted octanol–water partition coefficient (Wildman–Crippen LogP) is 7.73. The normalized spacial score (nSPS) is 55.4. The average Bonchev–Trinajstić information content (AvgIpc) is 3.39. The highest BCUT2D eigenvalue weighted by molar-refractivity contribution is 6.69. The Morgan fingerprint density at radius 1 is 0.667 bits per heavy atom. The molecule has 0 aromatic rings. The zero-order chi connectivity index (χ0) is 34.1. The van der Waals surface area contributed by atoms with E-state index in [2.05, 4.69) is 52.2 Å². The molecule has 10 fully saturated rings. The van der Waals surface area contributed by atoms with Gasteiger partial charge in [0.15, 0.2) is 32.1 Å². The number of ether oxygens (including phenoxy) is 4. The Kier molecular flexibility index (Phi) is 8.19. The van der Waals surface area contributed by atoms with Crippen LogP contribution in [0, 0.1) is 53.9 Å². The molecule has 0 amide bonds. The fraction of sp³-hybridized carbons (Fsp3) is 0.973. The maximum absolute atomic E-state index is 8.81. The molecule has 10 aliphatic rings. The van der Waals surface area contributed by atoms with Gasteiger partial charge in [-0.2, -0.15) is 0 Å². The molecule has 8 saturated heterocycles. The van der Waals surface area contributed by atoms with E-state index in [-0.39, 0.29) is 35.9 Å². The Morgan fingerprint density at radius 2 is 1.10 bits per heavy atom. The van der Waals surface area contributed by atoms with Crippen LogP contribution in [-0.2, 0) is 42.9 Å². The monoisotopic (exact) mass is 689 g/mol. The largest absolute Gasteiger partial charge is 0.351 e. The first-order chi connectivity index (χ1) is 22.6. The molecule has 0 N–H and O–H groups in total. The van der Waals surface area contributed by atoms with Gasteiger partial charge < -0.3 is 23.4 Å². The molecule has 2 unspecified atom stereocenters. The summed E-state index contributed by atoms with van der Waals surface area (Å²) < 4.78 is 34.5. The molecule has 16 atom stereocenters. The van der Waals surface area contributed by atoms with Crippen molar-refractivity contribution in [2.75, 3.05) is 0 Å². The third kappa shape index (κ3) is 5.09. The summed E-state index contributed by atoms with van der Waals surface area (Å²) in [6.45, 7) is 28.5. The molecule has 4 bridgehead atoms. The summed E-state index contributed by atoms with van der Waals surface area (Å²) in [5.41, 5.74) is -2.40. The van der Waals surface area contributed by atoms with Crippen molar-refractivity contribution in [1.82, 2.24) is 0 Å². The van der Waals surface area contributed by atoms with Crippen LogP contribution in [0.4, 0.5) is 0 Å². The topological polar surface area (TPSA) is 87.4 Å². The van der Waals surface area contributed by atoms with Gasteiger partial charge in [0.1, 0.15) is 0 Å². The van der Waals surface area contributed by atoms with E-state index in [0.717, 1.165) is 51.4 Å². The molecule has 10 rings (SSSR count). The standard InChI is InChI=1S/C37H59NO9Si/c1-21-11-13-27-23(3)29(39-31-36(27)25(21)15-17-33(5,41-31)43-45-36)19-35(38-7,47-48(8,9)10)20-30-24(4)28-14-12-22(2)26-16-18-34(6)42-32(40-30)37(26,28)46-44-34/h21-32H,11-20H2,1-6,8-10H3/t21-,22-,23-,24-,25+,26+,27+,28+,29?,30?,31-,32-,33+,34+,35?,36-,37-/m1/s1. The van der Waals surface area contributed by atoms with E-state index < -0.39 is 49.4 Å². The van der Waals surface area contributed by atoms with Gasteiger partial charge >= 0.3 is 5.72 Å². The lowest BCUT2D eigenvalue weighted by Crippen LogP contribution is -2.71. The van der Waals surface area contributed by atoms with Crippen LogP contribution in [0.5, 0.6) is 0 Å². The summed E-state index contributed by atoms with van der Waals surface area (Å²) in [6.07, 6.45) is 7.14. The Balaban J connectivity index is 1.11. The Hall–Kier alpha value is -0.653. The number of hydrogen-bond donors (Lipinski definition) is 0. The summed E-state index contributed by atoms with van der Waals surface area (Å²) in [7, 11) is -2.21. The first kappa shape index (κ1) is 34.4. The maximum Gasteiger partial charge on any atom is 0.333 e. The minimum Gasteiger partial charge on any atom is -0.351 e. The van der Waals surface area contributed by atoms with Gasteiger partial charge in [0.25, 0.3) is 0 Å². The Morgan fingerprint density at radius 3 is 1.50 bits per heavy atom. The van der Waals surface area contributed by atoms with Gasteiger partial charge in [-0.25, -0.2) is 26.1 Å². The molecule has 2 saturated carbocycles. The van der Waals surface area contributed by atoms with Crippen molar-refractivity contribution in [2.24, 2.45) is 47.3 Å². The number of rotatable bonds is 6. The van der Waals surface area contributed by atoms with Crippen LogP contribution >= 0.6 is 0 Å². The van der Waals surface area contributed by atoms with Crippen LogP contribution in [0.2, 0.25) is 19.6 Å². The Labute approximate surface area is 288 Å². The average molecular weight is 690 g/mol. The van der Waals surface area contributed by atoms with Gasteiger partial charge in [0.2, 0.25) is 11.6 Å². The van der Waals surface area contributed by atoms with Gasteiger partial charge in [-0.1, -0.05) is 27.7 Å². The molecular formula is C37H59NO9Si. The summed E-state index contributed by atoms with van der Waals surface area (Å²) >= 11 is 0. The van der Waals surface area contributed by atoms with Crippen LogP contribution in [0.25, 0.3) is 4.85 Å². The maximum atomic E-state index is 8.81. The van der Waals surface area contributed by atoms with E-state index in [9.17, 15) is 0 Å². The second kappa shape index (κ2) is 11.4. The van der Waals surface area contributed by atoms with Crippen LogP contribution < -0.4 is 0 Å². The number of nitrogens with zero attached hydrogens (tertiary/aromatic N) is 1. The fourth-order valence-electron chi connectivity index (χ4n) is 11.9. The smallest absolute Gasteiger partial charge is 0.333 e. The summed E-state index contributed by atoms with van der Waals surface area (Å²) in [5, 5.41) is 0. The van der Waals surface area contributed by atoms with Crippen molar-refractivity contribution in [3.63, 3.8) is 0 Å². The minimum atomic E-state index is -2.21. The van der Waals surface area contributed by atoms with Crippen LogP contribution in [0.3, 0.4) is 0 Å². The van der Waals surface area contributed by atoms with Crippen molar-refractivity contribution >= 4 is 8.32 Å². The summed E-state index contributed by atoms with van der Waals surface area (Å²) in [5.74, 6) is 0.535. The van der Waals surface area contributed by atoms with Crippen molar-refractivity contribution in [2.45, 2.75) is 179 Å². The van der Waals surface area contributed by atoms with Gasteiger partial charge in [-0.15, -0.1) is 0 Å². The molecule has 0 aromatic carbocycles. The van der Waals surface area contributed by atoms with E-state index in [4.69, 9.17) is 49.5 Å². The molecule has 8 heterocycles.